The van der Waals surface area contributed by atoms with Crippen molar-refractivity contribution in [2.45, 2.75) is 0 Å². The molecule has 1 aromatic heterocycles. The summed E-state index contributed by atoms with van der Waals surface area (Å²) in [5, 5.41) is 6.35. The summed E-state index contributed by atoms with van der Waals surface area (Å²) in [4.78, 5) is 0. The Morgan fingerprint density at radius 2 is 1.54 bits per heavy atom. The van der Waals surface area contributed by atoms with Gasteiger partial charge >= 0.3 is 0 Å². The van der Waals surface area contributed by atoms with Gasteiger partial charge in [0.25, 0.3) is 0 Å². The molecule has 5 nitrogen and oxygen atoms in total. The minimum absolute atomic E-state index is 0.549. The average molecular weight is 370 g/mol. The monoisotopic (exact) mass is 370 g/mol. The third kappa shape index (κ3) is 3.18. The third-order valence-electron chi connectivity index (χ3n) is 4.56. The van der Waals surface area contributed by atoms with Gasteiger partial charge < -0.3 is 13.9 Å². The van der Waals surface area contributed by atoms with Gasteiger partial charge in [-0.15, -0.1) is 0 Å². The van der Waals surface area contributed by atoms with Crippen molar-refractivity contribution in [2.75, 3.05) is 18.6 Å². The Morgan fingerprint density at radius 3 is 2.43 bits per heavy atom. The van der Waals surface area contributed by atoms with Gasteiger partial charge in [0, 0.05) is 17.0 Å². The molecule has 5 rings (SSSR count). The van der Waals surface area contributed by atoms with Crippen LogP contribution < -0.4 is 20.3 Å². The fourth-order valence-corrected chi connectivity index (χ4v) is 3.19. The van der Waals surface area contributed by atoms with Gasteiger partial charge in [-0.2, -0.15) is 5.10 Å². The number of ether oxygens (including phenoxy) is 2. The Balaban J connectivity index is 1.62. The maximum atomic E-state index is 6.15. The maximum absolute atomic E-state index is 6.15. The number of hydrogen-bond acceptors (Lipinski definition) is 5. The Kier molecular flexibility index (Phi) is 4.18. The number of para-hydroxylation sites is 2. The molecule has 2 heterocycles. The molecular formula is C23H18N2O3. The van der Waals surface area contributed by atoms with Crippen LogP contribution in [0.25, 0.3) is 22.3 Å². The molecule has 0 fully saturated rings. The van der Waals surface area contributed by atoms with Crippen LogP contribution in [0.3, 0.4) is 0 Å². The number of nitrogens with zero attached hydrogens (tertiary/aromatic N) is 1. The number of anilines is 1. The molecular weight excluding hydrogens is 352 g/mol. The second kappa shape index (κ2) is 7.12. The number of fused-ring (bicyclic) bond motifs is 2. The molecule has 28 heavy (non-hydrogen) atoms. The summed E-state index contributed by atoms with van der Waals surface area (Å²) >= 11 is 0. The quantitative estimate of drug-likeness (QED) is 0.527. The molecule has 0 amide bonds. The van der Waals surface area contributed by atoms with Gasteiger partial charge in [-0.05, 0) is 42.5 Å². The fourth-order valence-electron chi connectivity index (χ4n) is 3.19. The molecule has 0 aliphatic carbocycles. The van der Waals surface area contributed by atoms with Gasteiger partial charge in [0.05, 0.1) is 11.0 Å². The molecule has 1 aliphatic heterocycles. The van der Waals surface area contributed by atoms with E-state index in [4.69, 9.17) is 13.9 Å². The number of nitrogens with one attached hydrogen (secondary N) is 1. The van der Waals surface area contributed by atoms with Crippen molar-refractivity contribution in [1.29, 1.82) is 0 Å². The molecule has 1 aliphatic rings. The van der Waals surface area contributed by atoms with E-state index in [9.17, 15) is 0 Å². The summed E-state index contributed by atoms with van der Waals surface area (Å²) in [5.41, 5.74) is 5.72. The van der Waals surface area contributed by atoms with E-state index in [-0.39, 0.29) is 0 Å². The van der Waals surface area contributed by atoms with E-state index in [0.29, 0.717) is 19.0 Å². The first kappa shape index (κ1) is 16.4. The Hall–Kier alpha value is -3.73. The van der Waals surface area contributed by atoms with Crippen molar-refractivity contribution in [3.8, 4) is 22.8 Å². The van der Waals surface area contributed by atoms with Crippen molar-refractivity contribution in [1.82, 2.24) is 0 Å². The lowest BCUT2D eigenvalue weighted by Gasteiger charge is -2.18. The Labute approximate surface area is 161 Å². The molecule has 138 valence electrons. The summed E-state index contributed by atoms with van der Waals surface area (Å²) < 4.78 is 17.5. The van der Waals surface area contributed by atoms with Crippen molar-refractivity contribution in [3.05, 3.63) is 84.2 Å². The van der Waals surface area contributed by atoms with E-state index in [1.807, 2.05) is 78.9 Å². The summed E-state index contributed by atoms with van der Waals surface area (Å²) in [5.74, 6) is 2.20. The number of hydrogen-bond donors (Lipinski definition) is 1. The fraction of sp³-hybridized carbons (Fsp3) is 0.0870. The third-order valence-corrected chi connectivity index (χ3v) is 4.56. The van der Waals surface area contributed by atoms with E-state index in [2.05, 4.69) is 10.5 Å². The molecule has 4 aromatic rings. The lowest BCUT2D eigenvalue weighted by molar-refractivity contribution is 0.171. The van der Waals surface area contributed by atoms with Gasteiger partial charge in [-0.25, -0.2) is 0 Å². The SMILES string of the molecule is c1ccc(N/N=c2/cc(-c3ccc4c(c3)OCCO4)oc3ccccc23)cc1. The highest BCUT2D eigenvalue weighted by Crippen LogP contribution is 2.34. The van der Waals surface area contributed by atoms with Crippen molar-refractivity contribution in [3.63, 3.8) is 0 Å². The normalized spacial score (nSPS) is 13.5. The van der Waals surface area contributed by atoms with E-state index in [1.54, 1.807) is 0 Å². The predicted molar refractivity (Wildman–Crippen MR) is 108 cm³/mol. The highest BCUT2D eigenvalue weighted by Gasteiger charge is 2.14. The zero-order valence-electron chi connectivity index (χ0n) is 15.1. The largest absolute Gasteiger partial charge is 0.486 e. The smallest absolute Gasteiger partial charge is 0.162 e. The van der Waals surface area contributed by atoms with Crippen LogP contribution in [0.4, 0.5) is 5.69 Å². The lowest BCUT2D eigenvalue weighted by Crippen LogP contribution is -2.15. The second-order valence-corrected chi connectivity index (χ2v) is 6.44. The van der Waals surface area contributed by atoms with E-state index in [0.717, 1.165) is 39.1 Å². The first-order chi connectivity index (χ1) is 13.9. The van der Waals surface area contributed by atoms with Crippen molar-refractivity contribution in [2.24, 2.45) is 5.10 Å². The van der Waals surface area contributed by atoms with Gasteiger partial charge in [0.1, 0.15) is 24.6 Å². The summed E-state index contributed by atoms with van der Waals surface area (Å²) in [7, 11) is 0. The average Bonchev–Trinajstić information content (AvgIpc) is 2.77. The highest BCUT2D eigenvalue weighted by atomic mass is 16.6. The number of rotatable bonds is 3. The van der Waals surface area contributed by atoms with Crippen molar-refractivity contribution >= 4 is 16.7 Å². The molecule has 0 atom stereocenters. The maximum Gasteiger partial charge on any atom is 0.162 e. The molecule has 0 spiro atoms. The first-order valence-electron chi connectivity index (χ1n) is 9.14. The molecule has 0 unspecified atom stereocenters. The zero-order chi connectivity index (χ0) is 18.8. The summed E-state index contributed by atoms with van der Waals surface area (Å²) in [6.07, 6.45) is 0. The number of benzene rings is 3. The topological polar surface area (TPSA) is 56.0 Å². The van der Waals surface area contributed by atoms with Crippen molar-refractivity contribution < 1.29 is 13.9 Å². The van der Waals surface area contributed by atoms with E-state index in [1.165, 1.54) is 0 Å². The van der Waals surface area contributed by atoms with Crippen LogP contribution in [0.5, 0.6) is 11.5 Å². The second-order valence-electron chi connectivity index (χ2n) is 6.44. The molecule has 0 bridgehead atoms. The molecule has 3 aromatic carbocycles. The van der Waals surface area contributed by atoms with E-state index < -0.39 is 0 Å². The van der Waals surface area contributed by atoms with Crippen LogP contribution in [-0.4, -0.2) is 13.2 Å². The van der Waals surface area contributed by atoms with Gasteiger partial charge in [0.2, 0.25) is 0 Å². The van der Waals surface area contributed by atoms with Crippen LogP contribution >= 0.6 is 0 Å². The standard InChI is InChI=1S/C23H18N2O3/c1-2-6-17(7-3-1)24-25-19-15-22(28-20-9-5-4-8-18(19)20)16-10-11-21-23(14-16)27-13-12-26-21/h1-11,14-15,24H,12-13H2/b25-19-. The molecule has 0 saturated heterocycles. The molecule has 0 radical (unpaired) electrons. The highest BCUT2D eigenvalue weighted by molar-refractivity contribution is 5.78. The van der Waals surface area contributed by atoms with Crippen LogP contribution in [0.15, 0.2) is 88.4 Å². The summed E-state index contributed by atoms with van der Waals surface area (Å²) in [6, 6.07) is 25.5. The van der Waals surface area contributed by atoms with Gasteiger partial charge in [-0.1, -0.05) is 30.3 Å². The first-order valence-corrected chi connectivity index (χ1v) is 9.14. The predicted octanol–water partition coefficient (Wildman–Crippen LogP) is 4.80. The molecule has 5 heteroatoms. The van der Waals surface area contributed by atoms with E-state index >= 15 is 0 Å². The zero-order valence-corrected chi connectivity index (χ0v) is 15.1. The van der Waals surface area contributed by atoms with Gasteiger partial charge in [0.15, 0.2) is 11.5 Å². The van der Waals surface area contributed by atoms with Gasteiger partial charge in [-0.3, -0.25) is 5.43 Å². The summed E-state index contributed by atoms with van der Waals surface area (Å²) in [6.45, 7) is 1.12. The molecule has 0 saturated carbocycles. The van der Waals surface area contributed by atoms with Crippen LogP contribution in [-0.2, 0) is 0 Å². The lowest BCUT2D eigenvalue weighted by atomic mass is 10.1. The Morgan fingerprint density at radius 1 is 0.750 bits per heavy atom. The molecule has 1 N–H and O–H groups in total. The minimum atomic E-state index is 0.549. The van der Waals surface area contributed by atoms with Crippen LogP contribution in [0.1, 0.15) is 0 Å². The Bertz CT molecular complexity index is 1200. The van der Waals surface area contributed by atoms with Crippen LogP contribution in [0, 0.1) is 0 Å². The minimum Gasteiger partial charge on any atom is -0.486 e. The van der Waals surface area contributed by atoms with Crippen LogP contribution in [0.2, 0.25) is 0 Å².